The van der Waals surface area contributed by atoms with Crippen LogP contribution in [0, 0.1) is 13.8 Å². The fraction of sp³-hybridized carbons (Fsp3) is 0.286. The van der Waals surface area contributed by atoms with E-state index in [2.05, 4.69) is 47.3 Å². The van der Waals surface area contributed by atoms with Crippen molar-refractivity contribution in [2.24, 2.45) is 0 Å². The maximum atomic E-state index is 4.32. The first kappa shape index (κ1) is 11.7. The number of hydrogen-bond donors (Lipinski definition) is 1. The molecule has 1 heterocycles. The molecule has 0 fully saturated rings. The van der Waals surface area contributed by atoms with Crippen LogP contribution in [-0.4, -0.2) is 17.0 Å². The van der Waals surface area contributed by atoms with Crippen LogP contribution in [0.2, 0.25) is 0 Å². The van der Waals surface area contributed by atoms with E-state index in [4.69, 9.17) is 0 Å². The summed E-state index contributed by atoms with van der Waals surface area (Å²) in [5.41, 5.74) is 3.74. The Balaban J connectivity index is 2.46. The summed E-state index contributed by atoms with van der Waals surface area (Å²) in [6.07, 6.45) is 3.55. The van der Waals surface area contributed by atoms with E-state index in [9.17, 15) is 0 Å². The molecule has 0 saturated heterocycles. The molecule has 3 nitrogen and oxygen atoms in total. The van der Waals surface area contributed by atoms with Crippen molar-refractivity contribution in [2.75, 3.05) is 7.05 Å². The summed E-state index contributed by atoms with van der Waals surface area (Å²) in [7, 11) is 1.93. The molecule has 0 saturated carbocycles. The maximum absolute atomic E-state index is 4.32. The van der Waals surface area contributed by atoms with Gasteiger partial charge < -0.3 is 5.32 Å². The molecule has 2 aromatic rings. The summed E-state index contributed by atoms with van der Waals surface area (Å²) < 4.78 is 0. The van der Waals surface area contributed by atoms with Crippen molar-refractivity contribution in [1.82, 2.24) is 15.3 Å². The molecular weight excluding hydrogens is 210 g/mol. The molecule has 1 N–H and O–H groups in total. The van der Waals surface area contributed by atoms with Crippen molar-refractivity contribution in [2.45, 2.75) is 19.9 Å². The number of benzene rings is 1. The molecule has 1 atom stereocenters. The molecule has 3 heteroatoms. The first-order chi connectivity index (χ1) is 8.22. The van der Waals surface area contributed by atoms with Gasteiger partial charge in [0, 0.05) is 12.4 Å². The predicted molar refractivity (Wildman–Crippen MR) is 68.9 cm³/mol. The standard InChI is InChI=1S/C14H17N3/c1-10-5-6-11(2)12(9-10)13(15-3)14-16-7-4-8-17-14/h4-9,13,15H,1-3H3. The molecule has 0 aliphatic carbocycles. The molecule has 0 bridgehead atoms. The van der Waals surface area contributed by atoms with Gasteiger partial charge in [-0.1, -0.05) is 23.8 Å². The third-order valence-corrected chi connectivity index (χ3v) is 2.88. The van der Waals surface area contributed by atoms with Crippen LogP contribution in [0.15, 0.2) is 36.7 Å². The van der Waals surface area contributed by atoms with Crippen LogP contribution in [0.5, 0.6) is 0 Å². The molecule has 0 radical (unpaired) electrons. The molecule has 0 aliphatic heterocycles. The van der Waals surface area contributed by atoms with Gasteiger partial charge in [-0.3, -0.25) is 0 Å². The summed E-state index contributed by atoms with van der Waals surface area (Å²) in [6.45, 7) is 4.21. The van der Waals surface area contributed by atoms with Gasteiger partial charge in [-0.2, -0.15) is 0 Å². The molecule has 0 spiro atoms. The van der Waals surface area contributed by atoms with Gasteiger partial charge in [0.05, 0.1) is 6.04 Å². The highest BCUT2D eigenvalue weighted by Crippen LogP contribution is 2.22. The molecule has 1 aromatic carbocycles. The van der Waals surface area contributed by atoms with Gasteiger partial charge >= 0.3 is 0 Å². The van der Waals surface area contributed by atoms with Gasteiger partial charge in [0.25, 0.3) is 0 Å². The quantitative estimate of drug-likeness (QED) is 0.875. The van der Waals surface area contributed by atoms with Crippen molar-refractivity contribution in [3.63, 3.8) is 0 Å². The number of nitrogens with one attached hydrogen (secondary N) is 1. The van der Waals surface area contributed by atoms with E-state index >= 15 is 0 Å². The fourth-order valence-electron chi connectivity index (χ4n) is 1.95. The average molecular weight is 227 g/mol. The summed E-state index contributed by atoms with van der Waals surface area (Å²) >= 11 is 0. The summed E-state index contributed by atoms with van der Waals surface area (Å²) in [5.74, 6) is 0.809. The number of hydrogen-bond acceptors (Lipinski definition) is 3. The van der Waals surface area contributed by atoms with Gasteiger partial charge in [0.1, 0.15) is 5.82 Å². The van der Waals surface area contributed by atoms with Crippen molar-refractivity contribution >= 4 is 0 Å². The van der Waals surface area contributed by atoms with E-state index in [1.807, 2.05) is 13.1 Å². The largest absolute Gasteiger partial charge is 0.307 e. The minimum atomic E-state index is 0.0519. The number of rotatable bonds is 3. The second-order valence-corrected chi connectivity index (χ2v) is 4.19. The zero-order chi connectivity index (χ0) is 12.3. The molecule has 1 unspecified atom stereocenters. The Morgan fingerprint density at radius 1 is 1.12 bits per heavy atom. The van der Waals surface area contributed by atoms with Gasteiger partial charge in [0.15, 0.2) is 0 Å². The maximum Gasteiger partial charge on any atom is 0.149 e. The predicted octanol–water partition coefficient (Wildman–Crippen LogP) is 2.40. The van der Waals surface area contributed by atoms with Crippen LogP contribution in [0.25, 0.3) is 0 Å². The molecule has 1 aromatic heterocycles. The zero-order valence-corrected chi connectivity index (χ0v) is 10.4. The van der Waals surface area contributed by atoms with Crippen molar-refractivity contribution in [3.05, 3.63) is 59.2 Å². The average Bonchev–Trinajstić information content (AvgIpc) is 2.36. The summed E-state index contributed by atoms with van der Waals surface area (Å²) in [4.78, 5) is 8.65. The van der Waals surface area contributed by atoms with Gasteiger partial charge in [0.2, 0.25) is 0 Å². The van der Waals surface area contributed by atoms with Crippen molar-refractivity contribution in [3.8, 4) is 0 Å². The summed E-state index contributed by atoms with van der Waals surface area (Å²) in [6, 6.07) is 8.33. The Kier molecular flexibility index (Phi) is 3.49. The van der Waals surface area contributed by atoms with Crippen molar-refractivity contribution in [1.29, 1.82) is 0 Å². The SMILES string of the molecule is CNC(c1ncccn1)c1cc(C)ccc1C. The van der Waals surface area contributed by atoms with Gasteiger partial charge in [-0.15, -0.1) is 0 Å². The first-order valence-electron chi connectivity index (χ1n) is 5.73. The Morgan fingerprint density at radius 3 is 2.47 bits per heavy atom. The zero-order valence-electron chi connectivity index (χ0n) is 10.4. The fourth-order valence-corrected chi connectivity index (χ4v) is 1.95. The first-order valence-corrected chi connectivity index (χ1v) is 5.73. The van der Waals surface area contributed by atoms with Crippen molar-refractivity contribution < 1.29 is 0 Å². The second kappa shape index (κ2) is 5.06. The topological polar surface area (TPSA) is 37.8 Å². The highest BCUT2D eigenvalue weighted by atomic mass is 15.0. The van der Waals surface area contributed by atoms with Crippen LogP contribution in [0.3, 0.4) is 0 Å². The number of aromatic nitrogens is 2. The molecule has 88 valence electrons. The van der Waals surface area contributed by atoms with Gasteiger partial charge in [-0.25, -0.2) is 9.97 Å². The van der Waals surface area contributed by atoms with E-state index in [1.54, 1.807) is 12.4 Å². The Morgan fingerprint density at radius 2 is 1.82 bits per heavy atom. The van der Waals surface area contributed by atoms with Gasteiger partial charge in [-0.05, 0) is 38.1 Å². The van der Waals surface area contributed by atoms with Crippen LogP contribution in [0.4, 0.5) is 0 Å². The van der Waals surface area contributed by atoms with Crippen LogP contribution in [0.1, 0.15) is 28.6 Å². The third kappa shape index (κ3) is 2.50. The van der Waals surface area contributed by atoms with E-state index < -0.39 is 0 Å². The van der Waals surface area contributed by atoms with E-state index in [-0.39, 0.29) is 6.04 Å². The lowest BCUT2D eigenvalue weighted by Gasteiger charge is -2.17. The Labute approximate surface area is 102 Å². The molecule has 0 aliphatic rings. The minimum absolute atomic E-state index is 0.0519. The lowest BCUT2D eigenvalue weighted by molar-refractivity contribution is 0.642. The van der Waals surface area contributed by atoms with Crippen LogP contribution in [-0.2, 0) is 0 Å². The van der Waals surface area contributed by atoms with Crippen LogP contribution >= 0.6 is 0 Å². The van der Waals surface area contributed by atoms with E-state index in [0.29, 0.717) is 0 Å². The minimum Gasteiger partial charge on any atom is -0.307 e. The van der Waals surface area contributed by atoms with Crippen LogP contribution < -0.4 is 5.32 Å². The Hall–Kier alpha value is -1.74. The molecular formula is C14H17N3. The molecule has 0 amide bonds. The normalized spacial score (nSPS) is 12.4. The lowest BCUT2D eigenvalue weighted by Crippen LogP contribution is -2.21. The lowest BCUT2D eigenvalue weighted by atomic mass is 9.98. The van der Waals surface area contributed by atoms with E-state index in [1.165, 1.54) is 16.7 Å². The number of nitrogens with zero attached hydrogens (tertiary/aromatic N) is 2. The smallest absolute Gasteiger partial charge is 0.149 e. The molecule has 2 rings (SSSR count). The summed E-state index contributed by atoms with van der Waals surface area (Å²) in [5, 5.41) is 3.28. The second-order valence-electron chi connectivity index (χ2n) is 4.19. The number of aryl methyl sites for hydroxylation is 2. The highest BCUT2D eigenvalue weighted by molar-refractivity contribution is 5.35. The van der Waals surface area contributed by atoms with E-state index in [0.717, 1.165) is 5.82 Å². The Bertz CT molecular complexity index is 494. The highest BCUT2D eigenvalue weighted by Gasteiger charge is 2.16. The third-order valence-electron chi connectivity index (χ3n) is 2.88. The monoisotopic (exact) mass is 227 g/mol. The molecule has 17 heavy (non-hydrogen) atoms.